The Labute approximate surface area is 116 Å². The molecule has 1 N–H and O–H groups in total. The molecule has 0 saturated carbocycles. The predicted molar refractivity (Wildman–Crippen MR) is 78.5 cm³/mol. The summed E-state index contributed by atoms with van der Waals surface area (Å²) >= 11 is 0. The van der Waals surface area contributed by atoms with Gasteiger partial charge in [-0.15, -0.1) is 0 Å². The standard InChI is InChI=1S/C16H25NO2/c1-10(2)13-8-7-11(3)14(9-13)15(17(5)6)12(4)16(18)19/h7-10,12,15H,1-6H3,(H,18,19). The average molecular weight is 263 g/mol. The van der Waals surface area contributed by atoms with Gasteiger partial charge in [-0.25, -0.2) is 0 Å². The number of hydrogen-bond donors (Lipinski definition) is 1. The van der Waals surface area contributed by atoms with E-state index >= 15 is 0 Å². The summed E-state index contributed by atoms with van der Waals surface area (Å²) in [5.74, 6) is -0.744. The molecular formula is C16H25NO2. The van der Waals surface area contributed by atoms with Gasteiger partial charge in [0.05, 0.1) is 5.92 Å². The van der Waals surface area contributed by atoms with Crippen molar-refractivity contribution in [2.45, 2.75) is 39.7 Å². The average Bonchev–Trinajstić information content (AvgIpc) is 2.30. The van der Waals surface area contributed by atoms with Crippen LogP contribution < -0.4 is 0 Å². The van der Waals surface area contributed by atoms with E-state index < -0.39 is 11.9 Å². The van der Waals surface area contributed by atoms with E-state index in [0.717, 1.165) is 11.1 Å². The van der Waals surface area contributed by atoms with E-state index in [1.807, 2.05) is 25.9 Å². The largest absolute Gasteiger partial charge is 0.481 e. The van der Waals surface area contributed by atoms with Crippen LogP contribution in [-0.4, -0.2) is 30.1 Å². The van der Waals surface area contributed by atoms with Gasteiger partial charge in [0.15, 0.2) is 0 Å². The second kappa shape index (κ2) is 6.20. The number of aryl methyl sites for hydroxylation is 1. The first-order chi connectivity index (χ1) is 8.75. The van der Waals surface area contributed by atoms with Crippen molar-refractivity contribution in [2.75, 3.05) is 14.1 Å². The van der Waals surface area contributed by atoms with Crippen LogP contribution in [0, 0.1) is 12.8 Å². The summed E-state index contributed by atoms with van der Waals surface area (Å²) in [4.78, 5) is 13.3. The summed E-state index contributed by atoms with van der Waals surface area (Å²) in [5.41, 5.74) is 3.52. The van der Waals surface area contributed by atoms with Crippen LogP contribution in [0.2, 0.25) is 0 Å². The molecule has 0 heterocycles. The lowest BCUT2D eigenvalue weighted by Crippen LogP contribution is -2.31. The molecule has 0 bridgehead atoms. The van der Waals surface area contributed by atoms with Crippen molar-refractivity contribution in [1.29, 1.82) is 0 Å². The number of hydrogen-bond acceptors (Lipinski definition) is 2. The minimum absolute atomic E-state index is 0.101. The number of carboxylic acid groups (broad SMARTS) is 1. The van der Waals surface area contributed by atoms with Gasteiger partial charge < -0.3 is 10.0 Å². The first-order valence-corrected chi connectivity index (χ1v) is 6.75. The van der Waals surface area contributed by atoms with E-state index in [-0.39, 0.29) is 6.04 Å². The molecule has 2 unspecified atom stereocenters. The third-order valence-corrected chi connectivity index (χ3v) is 3.71. The second-order valence-corrected chi connectivity index (χ2v) is 5.81. The van der Waals surface area contributed by atoms with Gasteiger partial charge in [-0.1, -0.05) is 39.0 Å². The van der Waals surface area contributed by atoms with E-state index in [2.05, 4.69) is 32.0 Å². The fourth-order valence-corrected chi connectivity index (χ4v) is 2.47. The third-order valence-electron chi connectivity index (χ3n) is 3.71. The van der Waals surface area contributed by atoms with Gasteiger partial charge in [-0.3, -0.25) is 4.79 Å². The second-order valence-electron chi connectivity index (χ2n) is 5.81. The van der Waals surface area contributed by atoms with Crippen molar-refractivity contribution in [3.8, 4) is 0 Å². The molecule has 0 saturated heterocycles. The molecular weight excluding hydrogens is 238 g/mol. The highest BCUT2D eigenvalue weighted by Crippen LogP contribution is 2.31. The molecule has 106 valence electrons. The van der Waals surface area contributed by atoms with Crippen molar-refractivity contribution < 1.29 is 9.90 Å². The van der Waals surface area contributed by atoms with Crippen LogP contribution in [0.15, 0.2) is 18.2 Å². The van der Waals surface area contributed by atoms with E-state index in [9.17, 15) is 9.90 Å². The number of nitrogens with zero attached hydrogens (tertiary/aromatic N) is 1. The maximum atomic E-state index is 11.3. The highest BCUT2D eigenvalue weighted by molar-refractivity contribution is 5.71. The molecule has 0 radical (unpaired) electrons. The summed E-state index contributed by atoms with van der Waals surface area (Å²) < 4.78 is 0. The summed E-state index contributed by atoms with van der Waals surface area (Å²) in [7, 11) is 3.87. The van der Waals surface area contributed by atoms with Crippen molar-refractivity contribution >= 4 is 5.97 Å². The normalized spacial score (nSPS) is 14.7. The number of benzene rings is 1. The first-order valence-electron chi connectivity index (χ1n) is 6.75. The molecule has 0 aliphatic carbocycles. The Balaban J connectivity index is 3.29. The van der Waals surface area contributed by atoms with Gasteiger partial charge >= 0.3 is 5.97 Å². The minimum atomic E-state index is -0.756. The number of carbonyl (C=O) groups is 1. The van der Waals surface area contributed by atoms with E-state index in [1.54, 1.807) is 6.92 Å². The molecule has 0 aromatic heterocycles. The first kappa shape index (κ1) is 15.7. The molecule has 0 aliphatic rings. The topological polar surface area (TPSA) is 40.5 Å². The van der Waals surface area contributed by atoms with E-state index in [0.29, 0.717) is 5.92 Å². The summed E-state index contributed by atoms with van der Waals surface area (Å²) in [6, 6.07) is 6.28. The smallest absolute Gasteiger partial charge is 0.308 e. The zero-order chi connectivity index (χ0) is 14.7. The molecule has 1 rings (SSSR count). The van der Waals surface area contributed by atoms with E-state index in [1.165, 1.54) is 5.56 Å². The maximum Gasteiger partial charge on any atom is 0.308 e. The van der Waals surface area contributed by atoms with Crippen molar-refractivity contribution in [1.82, 2.24) is 4.90 Å². The van der Waals surface area contributed by atoms with Crippen LogP contribution in [-0.2, 0) is 4.79 Å². The molecule has 19 heavy (non-hydrogen) atoms. The summed E-state index contributed by atoms with van der Waals surface area (Å²) in [6.45, 7) is 8.12. The van der Waals surface area contributed by atoms with Crippen LogP contribution in [0.25, 0.3) is 0 Å². The maximum absolute atomic E-state index is 11.3. The van der Waals surface area contributed by atoms with Gasteiger partial charge in [-0.05, 0) is 43.6 Å². The van der Waals surface area contributed by atoms with Gasteiger partial charge in [-0.2, -0.15) is 0 Å². The predicted octanol–water partition coefficient (Wildman–Crippen LogP) is 3.44. The van der Waals surface area contributed by atoms with Crippen LogP contribution in [0.1, 0.15) is 49.4 Å². The third kappa shape index (κ3) is 3.57. The van der Waals surface area contributed by atoms with E-state index in [4.69, 9.17) is 0 Å². The molecule has 1 aromatic carbocycles. The van der Waals surface area contributed by atoms with Gasteiger partial charge in [0.2, 0.25) is 0 Å². The Morgan fingerprint density at radius 3 is 2.21 bits per heavy atom. The fraction of sp³-hybridized carbons (Fsp3) is 0.562. The van der Waals surface area contributed by atoms with Crippen molar-refractivity contribution in [3.05, 3.63) is 34.9 Å². The molecule has 3 heteroatoms. The zero-order valence-corrected chi connectivity index (χ0v) is 12.8. The lowest BCUT2D eigenvalue weighted by Gasteiger charge is -2.30. The Bertz CT molecular complexity index is 452. The van der Waals surface area contributed by atoms with Crippen molar-refractivity contribution in [3.63, 3.8) is 0 Å². The molecule has 2 atom stereocenters. The van der Waals surface area contributed by atoms with Crippen molar-refractivity contribution in [2.24, 2.45) is 5.92 Å². The van der Waals surface area contributed by atoms with Gasteiger partial charge in [0.1, 0.15) is 0 Å². The Morgan fingerprint density at radius 1 is 1.21 bits per heavy atom. The monoisotopic (exact) mass is 263 g/mol. The van der Waals surface area contributed by atoms with Gasteiger partial charge in [0.25, 0.3) is 0 Å². The number of rotatable bonds is 5. The highest BCUT2D eigenvalue weighted by atomic mass is 16.4. The zero-order valence-electron chi connectivity index (χ0n) is 12.8. The quantitative estimate of drug-likeness (QED) is 0.884. The SMILES string of the molecule is Cc1ccc(C(C)C)cc1C(C(C)C(=O)O)N(C)C. The van der Waals surface area contributed by atoms with Crippen LogP contribution in [0.4, 0.5) is 0 Å². The molecule has 1 aromatic rings. The molecule has 3 nitrogen and oxygen atoms in total. The van der Waals surface area contributed by atoms with Crippen LogP contribution in [0.5, 0.6) is 0 Å². The Morgan fingerprint density at radius 2 is 1.79 bits per heavy atom. The molecule has 0 spiro atoms. The summed E-state index contributed by atoms with van der Waals surface area (Å²) in [5, 5.41) is 9.31. The fourth-order valence-electron chi connectivity index (χ4n) is 2.47. The minimum Gasteiger partial charge on any atom is -0.481 e. The summed E-state index contributed by atoms with van der Waals surface area (Å²) in [6.07, 6.45) is 0. The van der Waals surface area contributed by atoms with Crippen LogP contribution >= 0.6 is 0 Å². The highest BCUT2D eigenvalue weighted by Gasteiger charge is 2.28. The Kier molecular flexibility index (Phi) is 5.12. The molecule has 0 aliphatic heterocycles. The van der Waals surface area contributed by atoms with Crippen LogP contribution in [0.3, 0.4) is 0 Å². The number of aliphatic carboxylic acids is 1. The lowest BCUT2D eigenvalue weighted by molar-refractivity contribution is -0.143. The lowest BCUT2D eigenvalue weighted by atomic mass is 9.87. The van der Waals surface area contributed by atoms with Gasteiger partial charge in [0, 0.05) is 6.04 Å². The molecule has 0 amide bonds. The number of carboxylic acids is 1. The Hall–Kier alpha value is -1.35. The molecule has 0 fully saturated rings.